The standard InChI is InChI=1S/C24H23N5O2/c1-3-15-5-6-17(23(30)27-22-12-19(29-31)8-4-14(22)2)11-20(15)16-7-9-21-18(10-16)13-26-24(25)28-21/h4-13,29,31H,3H2,1-2H3,(H,27,30)(H2,25,26,28). The Hall–Kier alpha value is -3.97. The fourth-order valence-electron chi connectivity index (χ4n) is 3.53. The second-order valence-corrected chi connectivity index (χ2v) is 7.32. The van der Waals surface area contributed by atoms with Crippen molar-refractivity contribution in [3.05, 3.63) is 77.5 Å². The van der Waals surface area contributed by atoms with Crippen molar-refractivity contribution in [3.63, 3.8) is 0 Å². The second-order valence-electron chi connectivity index (χ2n) is 7.32. The molecule has 3 aromatic carbocycles. The van der Waals surface area contributed by atoms with E-state index in [9.17, 15) is 4.79 Å². The number of nitrogen functional groups attached to an aromatic ring is 1. The van der Waals surface area contributed by atoms with E-state index >= 15 is 0 Å². The summed E-state index contributed by atoms with van der Waals surface area (Å²) in [5.74, 6) is 0.0166. The maximum Gasteiger partial charge on any atom is 0.255 e. The van der Waals surface area contributed by atoms with Crippen LogP contribution in [-0.4, -0.2) is 21.1 Å². The van der Waals surface area contributed by atoms with Gasteiger partial charge in [-0.3, -0.25) is 15.5 Å². The molecule has 0 unspecified atom stereocenters. The first-order valence-electron chi connectivity index (χ1n) is 9.96. The number of hydrogen-bond donors (Lipinski definition) is 4. The molecule has 0 bridgehead atoms. The lowest BCUT2D eigenvalue weighted by molar-refractivity contribution is 0.102. The first-order chi connectivity index (χ1) is 15.0. The average Bonchev–Trinajstić information content (AvgIpc) is 2.79. The molecule has 0 atom stereocenters. The van der Waals surface area contributed by atoms with Crippen LogP contribution in [0.2, 0.25) is 0 Å². The van der Waals surface area contributed by atoms with Gasteiger partial charge in [0, 0.05) is 22.8 Å². The van der Waals surface area contributed by atoms with Crippen LogP contribution in [0, 0.1) is 6.92 Å². The molecule has 0 saturated carbocycles. The number of carbonyl (C=O) groups excluding carboxylic acids is 1. The molecule has 7 nitrogen and oxygen atoms in total. The number of aromatic nitrogens is 2. The fraction of sp³-hybridized carbons (Fsp3) is 0.125. The molecule has 0 spiro atoms. The van der Waals surface area contributed by atoms with Crippen LogP contribution in [0.4, 0.5) is 17.3 Å². The van der Waals surface area contributed by atoms with Crippen LogP contribution >= 0.6 is 0 Å². The SMILES string of the molecule is CCc1ccc(C(=O)Nc2cc(NO)ccc2C)cc1-c1ccc2nc(N)ncc2c1. The summed E-state index contributed by atoms with van der Waals surface area (Å²) in [4.78, 5) is 21.3. The molecule has 1 aromatic heterocycles. The third kappa shape index (κ3) is 4.17. The first kappa shape index (κ1) is 20.3. The number of anilines is 3. The highest BCUT2D eigenvalue weighted by molar-refractivity contribution is 6.05. The van der Waals surface area contributed by atoms with Gasteiger partial charge in [0.05, 0.1) is 11.2 Å². The van der Waals surface area contributed by atoms with Crippen molar-refractivity contribution in [1.82, 2.24) is 9.97 Å². The van der Waals surface area contributed by atoms with E-state index in [4.69, 9.17) is 10.9 Å². The molecular formula is C24H23N5O2. The Labute approximate surface area is 179 Å². The van der Waals surface area contributed by atoms with E-state index in [0.717, 1.165) is 39.6 Å². The molecule has 0 aliphatic carbocycles. The zero-order valence-corrected chi connectivity index (χ0v) is 17.3. The van der Waals surface area contributed by atoms with Crippen LogP contribution in [-0.2, 0) is 6.42 Å². The largest absolute Gasteiger partial charge is 0.368 e. The third-order valence-electron chi connectivity index (χ3n) is 5.28. The van der Waals surface area contributed by atoms with Crippen LogP contribution in [0.3, 0.4) is 0 Å². The molecule has 4 aromatic rings. The van der Waals surface area contributed by atoms with Crippen molar-refractivity contribution in [2.75, 3.05) is 16.5 Å². The molecule has 31 heavy (non-hydrogen) atoms. The number of nitrogens with two attached hydrogens (primary N) is 1. The van der Waals surface area contributed by atoms with Gasteiger partial charge in [-0.05, 0) is 72.0 Å². The highest BCUT2D eigenvalue weighted by Crippen LogP contribution is 2.29. The number of hydrogen-bond acceptors (Lipinski definition) is 6. The lowest BCUT2D eigenvalue weighted by Crippen LogP contribution is -2.13. The smallest absolute Gasteiger partial charge is 0.255 e. The minimum atomic E-state index is -0.223. The second kappa shape index (κ2) is 8.41. The van der Waals surface area contributed by atoms with E-state index in [2.05, 4.69) is 27.7 Å². The molecule has 1 amide bonds. The molecule has 5 N–H and O–H groups in total. The molecular weight excluding hydrogens is 390 g/mol. The highest BCUT2D eigenvalue weighted by Gasteiger charge is 2.13. The van der Waals surface area contributed by atoms with Crippen molar-refractivity contribution in [2.45, 2.75) is 20.3 Å². The van der Waals surface area contributed by atoms with Crippen molar-refractivity contribution in [2.24, 2.45) is 0 Å². The van der Waals surface area contributed by atoms with Gasteiger partial charge in [0.25, 0.3) is 5.91 Å². The van der Waals surface area contributed by atoms with E-state index in [1.807, 2.05) is 49.4 Å². The summed E-state index contributed by atoms with van der Waals surface area (Å²) in [5.41, 5.74) is 14.2. The average molecular weight is 413 g/mol. The number of aryl methyl sites for hydroxylation is 2. The first-order valence-corrected chi connectivity index (χ1v) is 9.96. The topological polar surface area (TPSA) is 113 Å². The predicted molar refractivity (Wildman–Crippen MR) is 123 cm³/mol. The zero-order chi connectivity index (χ0) is 22.0. The van der Waals surface area contributed by atoms with Gasteiger partial charge in [-0.15, -0.1) is 0 Å². The van der Waals surface area contributed by atoms with Gasteiger partial charge in [0.15, 0.2) is 0 Å². The van der Waals surface area contributed by atoms with Crippen LogP contribution in [0.5, 0.6) is 0 Å². The maximum absolute atomic E-state index is 13.0. The molecule has 0 fully saturated rings. The molecule has 0 aliphatic heterocycles. The summed E-state index contributed by atoms with van der Waals surface area (Å²) < 4.78 is 0. The summed E-state index contributed by atoms with van der Waals surface area (Å²) >= 11 is 0. The molecule has 0 aliphatic rings. The molecule has 0 radical (unpaired) electrons. The number of rotatable bonds is 5. The Kier molecular flexibility index (Phi) is 5.51. The number of amides is 1. The van der Waals surface area contributed by atoms with Crippen LogP contribution in [0.15, 0.2) is 60.8 Å². The van der Waals surface area contributed by atoms with Gasteiger partial charge < -0.3 is 11.1 Å². The Morgan fingerprint density at radius 3 is 2.71 bits per heavy atom. The van der Waals surface area contributed by atoms with E-state index < -0.39 is 0 Å². The highest BCUT2D eigenvalue weighted by atomic mass is 16.5. The lowest BCUT2D eigenvalue weighted by atomic mass is 9.94. The number of benzene rings is 3. The minimum absolute atomic E-state index is 0.223. The predicted octanol–water partition coefficient (Wildman–Crippen LogP) is 4.80. The minimum Gasteiger partial charge on any atom is -0.368 e. The van der Waals surface area contributed by atoms with Crippen LogP contribution in [0.1, 0.15) is 28.4 Å². The maximum atomic E-state index is 13.0. The Balaban J connectivity index is 1.71. The van der Waals surface area contributed by atoms with Gasteiger partial charge in [-0.25, -0.2) is 9.97 Å². The van der Waals surface area contributed by atoms with Gasteiger partial charge in [-0.1, -0.05) is 25.1 Å². The van der Waals surface area contributed by atoms with E-state index in [-0.39, 0.29) is 11.9 Å². The van der Waals surface area contributed by atoms with E-state index in [1.54, 1.807) is 18.3 Å². The summed E-state index contributed by atoms with van der Waals surface area (Å²) in [7, 11) is 0. The normalized spacial score (nSPS) is 10.8. The van der Waals surface area contributed by atoms with Gasteiger partial charge in [0.2, 0.25) is 5.95 Å². The Bertz CT molecular complexity index is 1290. The van der Waals surface area contributed by atoms with Gasteiger partial charge >= 0.3 is 0 Å². The quantitative estimate of drug-likeness (QED) is 0.350. The summed E-state index contributed by atoms with van der Waals surface area (Å²) in [5, 5.41) is 12.9. The van der Waals surface area contributed by atoms with Crippen LogP contribution < -0.4 is 16.5 Å². The number of fused-ring (bicyclic) bond motifs is 1. The van der Waals surface area contributed by atoms with Gasteiger partial charge in [0.1, 0.15) is 0 Å². The van der Waals surface area contributed by atoms with Crippen molar-refractivity contribution in [3.8, 4) is 11.1 Å². The van der Waals surface area contributed by atoms with Crippen molar-refractivity contribution in [1.29, 1.82) is 0 Å². The van der Waals surface area contributed by atoms with E-state index in [0.29, 0.717) is 16.9 Å². The van der Waals surface area contributed by atoms with Crippen molar-refractivity contribution >= 4 is 34.1 Å². The number of nitrogens with one attached hydrogen (secondary N) is 2. The third-order valence-corrected chi connectivity index (χ3v) is 5.28. The summed E-state index contributed by atoms with van der Waals surface area (Å²) in [6, 6.07) is 16.8. The van der Waals surface area contributed by atoms with Gasteiger partial charge in [-0.2, -0.15) is 0 Å². The van der Waals surface area contributed by atoms with E-state index in [1.165, 1.54) is 0 Å². The van der Waals surface area contributed by atoms with Crippen molar-refractivity contribution < 1.29 is 10.0 Å². The summed E-state index contributed by atoms with van der Waals surface area (Å²) in [6.07, 6.45) is 2.53. The number of carbonyl (C=O) groups is 1. The lowest BCUT2D eigenvalue weighted by Gasteiger charge is -2.13. The Morgan fingerprint density at radius 2 is 1.94 bits per heavy atom. The molecule has 4 rings (SSSR count). The molecule has 1 heterocycles. The summed E-state index contributed by atoms with van der Waals surface area (Å²) in [6.45, 7) is 3.98. The monoisotopic (exact) mass is 413 g/mol. The zero-order valence-electron chi connectivity index (χ0n) is 17.3. The molecule has 7 heteroatoms. The number of nitrogens with zero attached hydrogens (tertiary/aromatic N) is 2. The van der Waals surface area contributed by atoms with Crippen LogP contribution in [0.25, 0.3) is 22.0 Å². The fourth-order valence-corrected chi connectivity index (χ4v) is 3.53. The molecule has 156 valence electrons. The Morgan fingerprint density at radius 1 is 1.10 bits per heavy atom. The molecule has 0 saturated heterocycles.